The lowest BCUT2D eigenvalue weighted by atomic mass is 10.0. The number of carbonyl (C=O) groups excluding carboxylic acids is 3. The van der Waals surface area contributed by atoms with E-state index in [4.69, 9.17) is 21.1 Å². The van der Waals surface area contributed by atoms with E-state index in [1.165, 1.54) is 37.5 Å². The van der Waals surface area contributed by atoms with Gasteiger partial charge >= 0.3 is 6.03 Å². The number of hydrogen-bond acceptors (Lipinski definition) is 6. The lowest BCUT2D eigenvalue weighted by Crippen LogP contribution is -2.54. The van der Waals surface area contributed by atoms with Crippen molar-refractivity contribution in [2.24, 2.45) is 0 Å². The van der Waals surface area contributed by atoms with Crippen LogP contribution < -0.4 is 19.7 Å². The molecule has 2 N–H and O–H groups in total. The van der Waals surface area contributed by atoms with Crippen LogP contribution in [0.1, 0.15) is 16.7 Å². The first-order valence-electron chi connectivity index (χ1n) is 11.9. The minimum absolute atomic E-state index is 0.0323. The molecule has 196 valence electrons. The van der Waals surface area contributed by atoms with Crippen LogP contribution in [-0.2, 0) is 16.2 Å². The summed E-state index contributed by atoms with van der Waals surface area (Å²) in [6.45, 7) is 2.26. The Morgan fingerprint density at radius 1 is 1.00 bits per heavy atom. The van der Waals surface area contributed by atoms with Gasteiger partial charge in [-0.25, -0.2) is 9.69 Å². The van der Waals surface area contributed by atoms with Crippen molar-refractivity contribution in [3.8, 4) is 17.2 Å². The normalized spacial score (nSPS) is 14.6. The van der Waals surface area contributed by atoms with Crippen LogP contribution in [0.15, 0.2) is 78.4 Å². The number of hydrogen-bond donors (Lipinski definition) is 2. The third-order valence-electron chi connectivity index (χ3n) is 6.41. The summed E-state index contributed by atoms with van der Waals surface area (Å²) in [7, 11) is 1.46. The number of fused-ring (bicyclic) bond motifs is 1. The number of phenols is 1. The lowest BCUT2D eigenvalue weighted by Gasteiger charge is -2.26. The molecule has 0 spiro atoms. The molecule has 1 fully saturated rings. The summed E-state index contributed by atoms with van der Waals surface area (Å²) in [6, 6.07) is 19.8. The fraction of sp³-hybridized carbons (Fsp3) is 0.100. The lowest BCUT2D eigenvalue weighted by molar-refractivity contribution is -0.122. The zero-order valence-corrected chi connectivity index (χ0v) is 21.8. The number of rotatable bonds is 6. The Balaban J connectivity index is 1.45. The van der Waals surface area contributed by atoms with E-state index in [0.717, 1.165) is 26.8 Å². The number of halogens is 1. The molecule has 0 aliphatic carbocycles. The molecule has 0 aromatic heterocycles. The molecule has 5 rings (SSSR count). The first-order chi connectivity index (χ1) is 18.8. The highest BCUT2D eigenvalue weighted by atomic mass is 35.5. The summed E-state index contributed by atoms with van der Waals surface area (Å²) in [4.78, 5) is 39.0. The second kappa shape index (κ2) is 10.5. The third kappa shape index (κ3) is 5.02. The van der Waals surface area contributed by atoms with Crippen molar-refractivity contribution >= 4 is 52.0 Å². The van der Waals surface area contributed by atoms with Crippen molar-refractivity contribution in [2.45, 2.75) is 13.5 Å². The summed E-state index contributed by atoms with van der Waals surface area (Å²) < 4.78 is 11.6. The zero-order chi connectivity index (χ0) is 27.7. The van der Waals surface area contributed by atoms with E-state index in [2.05, 4.69) is 11.4 Å². The first-order valence-corrected chi connectivity index (χ1v) is 12.3. The Morgan fingerprint density at radius 3 is 2.49 bits per heavy atom. The number of nitrogens with zero attached hydrogens (tertiary/aromatic N) is 1. The maximum Gasteiger partial charge on any atom is 0.335 e. The molecule has 1 heterocycles. The number of carbonyl (C=O) groups is 3. The van der Waals surface area contributed by atoms with Gasteiger partial charge < -0.3 is 14.6 Å². The van der Waals surface area contributed by atoms with Crippen LogP contribution in [0.5, 0.6) is 17.2 Å². The van der Waals surface area contributed by atoms with Gasteiger partial charge in [-0.2, -0.15) is 0 Å². The van der Waals surface area contributed by atoms with Crippen LogP contribution in [0.25, 0.3) is 16.8 Å². The Kier molecular flexibility index (Phi) is 6.96. The second-order valence-electron chi connectivity index (χ2n) is 8.88. The SMILES string of the molecule is COc1cc(/C=C2\C(=O)NC(=O)N(c3ccc(O)cc3)C2=O)cc(Cl)c1OCc1c(C)ccc2ccccc12. The van der Waals surface area contributed by atoms with Gasteiger partial charge in [0.15, 0.2) is 11.5 Å². The number of nitrogens with one attached hydrogen (secondary N) is 1. The minimum Gasteiger partial charge on any atom is -0.508 e. The van der Waals surface area contributed by atoms with E-state index in [0.29, 0.717) is 17.1 Å². The van der Waals surface area contributed by atoms with Gasteiger partial charge in [-0.15, -0.1) is 0 Å². The number of aryl methyl sites for hydroxylation is 1. The molecule has 0 bridgehead atoms. The van der Waals surface area contributed by atoms with E-state index in [-0.39, 0.29) is 28.6 Å². The molecule has 4 amide bonds. The monoisotopic (exact) mass is 542 g/mol. The van der Waals surface area contributed by atoms with Gasteiger partial charge in [-0.05, 0) is 71.3 Å². The maximum atomic E-state index is 13.2. The number of imide groups is 2. The van der Waals surface area contributed by atoms with Crippen molar-refractivity contribution in [3.63, 3.8) is 0 Å². The minimum atomic E-state index is -0.893. The van der Waals surface area contributed by atoms with Gasteiger partial charge in [-0.3, -0.25) is 14.9 Å². The van der Waals surface area contributed by atoms with E-state index < -0.39 is 17.8 Å². The molecule has 4 aromatic rings. The van der Waals surface area contributed by atoms with Crippen LogP contribution in [-0.4, -0.2) is 30.1 Å². The average molecular weight is 543 g/mol. The molecule has 0 saturated carbocycles. The number of phenolic OH excluding ortho intramolecular Hbond substituents is 1. The largest absolute Gasteiger partial charge is 0.508 e. The fourth-order valence-corrected chi connectivity index (χ4v) is 4.68. The molecule has 0 atom stereocenters. The highest BCUT2D eigenvalue weighted by Crippen LogP contribution is 2.38. The topological polar surface area (TPSA) is 105 Å². The Morgan fingerprint density at radius 2 is 1.74 bits per heavy atom. The van der Waals surface area contributed by atoms with Gasteiger partial charge in [0.25, 0.3) is 11.8 Å². The molecular weight excluding hydrogens is 520 g/mol. The molecule has 1 aliphatic rings. The van der Waals surface area contributed by atoms with Gasteiger partial charge in [0.05, 0.1) is 17.8 Å². The van der Waals surface area contributed by atoms with Crippen LogP contribution >= 0.6 is 11.6 Å². The summed E-state index contributed by atoms with van der Waals surface area (Å²) in [5, 5.41) is 14.1. The quantitative estimate of drug-likeness (QED) is 0.237. The van der Waals surface area contributed by atoms with E-state index in [1.807, 2.05) is 37.3 Å². The summed E-state index contributed by atoms with van der Waals surface area (Å²) in [6.07, 6.45) is 1.32. The van der Waals surface area contributed by atoms with E-state index >= 15 is 0 Å². The Hall–Kier alpha value is -4.82. The molecule has 4 aromatic carbocycles. The number of benzene rings is 4. The third-order valence-corrected chi connectivity index (χ3v) is 6.69. The van der Waals surface area contributed by atoms with Gasteiger partial charge in [-0.1, -0.05) is 48.0 Å². The maximum absolute atomic E-state index is 13.2. The number of amides is 4. The van der Waals surface area contributed by atoms with Crippen molar-refractivity contribution in [1.29, 1.82) is 0 Å². The summed E-state index contributed by atoms with van der Waals surface area (Å²) >= 11 is 6.58. The van der Waals surface area contributed by atoms with Crippen LogP contribution in [0.3, 0.4) is 0 Å². The number of aromatic hydroxyl groups is 1. The smallest absolute Gasteiger partial charge is 0.335 e. The van der Waals surface area contributed by atoms with Gasteiger partial charge in [0.1, 0.15) is 17.9 Å². The molecule has 0 radical (unpaired) electrons. The van der Waals surface area contributed by atoms with E-state index in [1.54, 1.807) is 12.1 Å². The summed E-state index contributed by atoms with van der Waals surface area (Å²) in [5.41, 5.74) is 2.39. The van der Waals surface area contributed by atoms with Gasteiger partial charge in [0, 0.05) is 5.56 Å². The molecule has 0 unspecified atom stereocenters. The standard InChI is InChI=1S/C30H23ClN2O6/c1-17-7-8-19-5-3-4-6-22(19)24(17)16-39-27-25(31)14-18(15-26(27)38-2)13-23-28(35)32-30(37)33(29(23)36)20-9-11-21(34)12-10-20/h3-15,34H,16H2,1-2H3,(H,32,35,37)/b23-13+. The number of barbiturate groups is 1. The highest BCUT2D eigenvalue weighted by Gasteiger charge is 2.37. The number of urea groups is 1. The van der Waals surface area contributed by atoms with Crippen LogP contribution in [0.2, 0.25) is 5.02 Å². The Labute approximate surface area is 229 Å². The van der Waals surface area contributed by atoms with Crippen molar-refractivity contribution in [2.75, 3.05) is 12.0 Å². The molecule has 8 nitrogen and oxygen atoms in total. The molecule has 1 saturated heterocycles. The van der Waals surface area contributed by atoms with Crippen molar-refractivity contribution in [3.05, 3.63) is 100 Å². The highest BCUT2D eigenvalue weighted by molar-refractivity contribution is 6.39. The predicted molar refractivity (Wildman–Crippen MR) is 148 cm³/mol. The van der Waals surface area contributed by atoms with Crippen molar-refractivity contribution < 1.29 is 29.0 Å². The molecule has 39 heavy (non-hydrogen) atoms. The molecular formula is C30H23ClN2O6. The fourth-order valence-electron chi connectivity index (χ4n) is 4.40. The number of methoxy groups -OCH3 is 1. The van der Waals surface area contributed by atoms with E-state index in [9.17, 15) is 19.5 Å². The average Bonchev–Trinajstić information content (AvgIpc) is 2.92. The number of anilines is 1. The molecule has 1 aliphatic heterocycles. The zero-order valence-electron chi connectivity index (χ0n) is 21.0. The first kappa shape index (κ1) is 25.8. The van der Waals surface area contributed by atoms with Crippen molar-refractivity contribution in [1.82, 2.24) is 5.32 Å². The second-order valence-corrected chi connectivity index (χ2v) is 9.29. The van der Waals surface area contributed by atoms with Crippen LogP contribution in [0, 0.1) is 6.92 Å². The predicted octanol–water partition coefficient (Wildman–Crippen LogP) is 5.76. The summed E-state index contributed by atoms with van der Waals surface area (Å²) in [5.74, 6) is -1.08. The van der Waals surface area contributed by atoms with Gasteiger partial charge in [0.2, 0.25) is 0 Å². The molecule has 9 heteroatoms. The number of ether oxygens (including phenoxy) is 2. The Bertz CT molecular complexity index is 1660. The van der Waals surface area contributed by atoms with Crippen LogP contribution in [0.4, 0.5) is 10.5 Å².